The summed E-state index contributed by atoms with van der Waals surface area (Å²) in [5.74, 6) is -1.45. The topological polar surface area (TPSA) is 161 Å². The van der Waals surface area contributed by atoms with Crippen LogP contribution in [0.15, 0.2) is 77.3 Å². The maximum absolute atomic E-state index is 14.1. The van der Waals surface area contributed by atoms with Crippen molar-refractivity contribution in [2.45, 2.75) is 49.9 Å². The summed E-state index contributed by atoms with van der Waals surface area (Å²) in [5.41, 5.74) is 7.69. The number of carbonyl (C=O) groups excluding carboxylic acids is 5. The van der Waals surface area contributed by atoms with E-state index in [-0.39, 0.29) is 16.5 Å². The van der Waals surface area contributed by atoms with Gasteiger partial charge in [0.15, 0.2) is 17.3 Å². The first-order chi connectivity index (χ1) is 22.9. The highest BCUT2D eigenvalue weighted by Crippen LogP contribution is 2.45. The molecule has 2 aliphatic heterocycles. The summed E-state index contributed by atoms with van der Waals surface area (Å²) >= 11 is 3.87. The van der Waals surface area contributed by atoms with E-state index >= 15 is 0 Å². The monoisotopic (exact) mass is 709 g/mol. The highest BCUT2D eigenvalue weighted by atomic mass is 32.2. The Morgan fingerprint density at radius 1 is 1.12 bits per heavy atom. The van der Waals surface area contributed by atoms with Gasteiger partial charge >= 0.3 is 12.1 Å². The molecule has 3 aromatic rings. The van der Waals surface area contributed by atoms with Gasteiger partial charge in [-0.3, -0.25) is 19.3 Å². The summed E-state index contributed by atoms with van der Waals surface area (Å²) in [6, 6.07) is 15.8. The predicted octanol–water partition coefficient (Wildman–Crippen LogP) is 4.71. The van der Waals surface area contributed by atoms with E-state index in [1.807, 2.05) is 66.9 Å². The molecule has 1 fully saturated rings. The smallest absolute Gasteiger partial charge is 0.417 e. The number of amides is 4. The molecule has 1 aromatic heterocycles. The highest BCUT2D eigenvalue weighted by molar-refractivity contribution is 8.00. The third kappa shape index (κ3) is 7.43. The lowest BCUT2D eigenvalue weighted by molar-refractivity contribution is -0.161. The number of thiazole rings is 1. The van der Waals surface area contributed by atoms with Crippen molar-refractivity contribution < 1.29 is 33.4 Å². The quantitative estimate of drug-likeness (QED) is 0.161. The minimum atomic E-state index is -1.45. The molecule has 3 N–H and O–H groups in total. The largest absolute Gasteiger partial charge is 0.448 e. The lowest BCUT2D eigenvalue weighted by Crippen LogP contribution is -2.73. The number of hydrogen-bond acceptors (Lipinski definition) is 12. The summed E-state index contributed by atoms with van der Waals surface area (Å²) < 4.78 is 11.7. The van der Waals surface area contributed by atoms with E-state index in [9.17, 15) is 24.0 Å². The molecule has 0 aliphatic carbocycles. The Morgan fingerprint density at radius 2 is 1.75 bits per heavy atom. The van der Waals surface area contributed by atoms with Crippen molar-refractivity contribution in [3.8, 4) is 0 Å². The van der Waals surface area contributed by atoms with Gasteiger partial charge in [0.2, 0.25) is 6.41 Å². The molecule has 5 rings (SSSR count). The molecule has 1 saturated heterocycles. The Labute approximate surface area is 290 Å². The second-order valence-corrected chi connectivity index (χ2v) is 14.7. The van der Waals surface area contributed by atoms with Crippen molar-refractivity contribution in [3.05, 3.63) is 94.1 Å². The van der Waals surface area contributed by atoms with Crippen LogP contribution in [0.1, 0.15) is 49.7 Å². The van der Waals surface area contributed by atoms with Crippen molar-refractivity contribution in [3.63, 3.8) is 0 Å². The molecule has 0 bridgehead atoms. The number of nitrogens with one attached hydrogen (secondary N) is 1. The maximum atomic E-state index is 14.1. The second kappa shape index (κ2) is 14.9. The molecule has 0 saturated carbocycles. The molecule has 15 heteroatoms. The molecule has 252 valence electrons. The third-order valence-electron chi connectivity index (χ3n) is 7.36. The zero-order chi connectivity index (χ0) is 34.6. The number of benzene rings is 2. The van der Waals surface area contributed by atoms with Crippen LogP contribution >= 0.6 is 34.9 Å². The first kappa shape index (κ1) is 35.1. The fourth-order valence-electron chi connectivity index (χ4n) is 5.26. The van der Waals surface area contributed by atoms with Gasteiger partial charge in [0.05, 0.1) is 5.69 Å². The fourth-order valence-corrected chi connectivity index (χ4v) is 8.07. The maximum Gasteiger partial charge on any atom is 0.417 e. The molecule has 0 spiro atoms. The molecule has 12 nitrogen and oxygen atoms in total. The van der Waals surface area contributed by atoms with Gasteiger partial charge in [-0.05, 0) is 43.7 Å². The van der Waals surface area contributed by atoms with Crippen molar-refractivity contribution in [2.24, 2.45) is 5.73 Å². The van der Waals surface area contributed by atoms with Crippen LogP contribution in [0, 0.1) is 0 Å². The van der Waals surface area contributed by atoms with Crippen LogP contribution in [0.25, 0.3) is 0 Å². The highest BCUT2D eigenvalue weighted by Gasteiger charge is 2.60. The second-order valence-electron chi connectivity index (χ2n) is 11.9. The van der Waals surface area contributed by atoms with Gasteiger partial charge in [-0.15, -0.1) is 23.1 Å². The van der Waals surface area contributed by atoms with Crippen LogP contribution in [0.5, 0.6) is 0 Å². The van der Waals surface area contributed by atoms with Crippen molar-refractivity contribution >= 4 is 70.3 Å². The normalized spacial score (nSPS) is 18.0. The van der Waals surface area contributed by atoms with Crippen LogP contribution in [-0.4, -0.2) is 79.8 Å². The zero-order valence-electron chi connectivity index (χ0n) is 26.7. The standard InChI is InChI=1S/C33H35N5O7S3/c1-33(2,3)45-32(43)38(27(40)23(34)22-17-48-31(36-22)35-18-39)25-28(41)37-24(21(15-46-4)16-47-29(25)37)30(42)44-26(19-11-7-5-8-12-19)20-13-9-6-10-14-20/h5-14,17-18,23,25-26,29H,15-16,34H2,1-4H3,(H,35,36,39)/t23?,25?,29-/m1/s1. The minimum Gasteiger partial charge on any atom is -0.448 e. The van der Waals surface area contributed by atoms with E-state index in [1.165, 1.54) is 33.8 Å². The Balaban J connectivity index is 1.47. The molecule has 2 aromatic carbocycles. The number of fused-ring (bicyclic) bond motifs is 1. The molecule has 2 aliphatic rings. The van der Waals surface area contributed by atoms with E-state index in [1.54, 1.807) is 20.8 Å². The lowest BCUT2D eigenvalue weighted by Gasteiger charge is -2.52. The number of nitrogens with two attached hydrogens (primary N) is 1. The average Bonchev–Trinajstić information content (AvgIpc) is 3.54. The van der Waals surface area contributed by atoms with Crippen LogP contribution in [-0.2, 0) is 28.7 Å². The Bertz CT molecular complexity index is 1670. The number of rotatable bonds is 11. The summed E-state index contributed by atoms with van der Waals surface area (Å²) in [7, 11) is 0. The zero-order valence-corrected chi connectivity index (χ0v) is 29.1. The molecular formula is C33H35N5O7S3. The van der Waals surface area contributed by atoms with Gasteiger partial charge in [0.1, 0.15) is 22.7 Å². The third-order valence-corrected chi connectivity index (χ3v) is 10.1. The number of imide groups is 1. The average molecular weight is 710 g/mol. The number of anilines is 1. The number of nitrogens with zero attached hydrogens (tertiary/aromatic N) is 3. The molecular weight excluding hydrogens is 675 g/mol. The Kier molecular flexibility index (Phi) is 10.9. The van der Waals surface area contributed by atoms with Crippen molar-refractivity contribution in [2.75, 3.05) is 23.1 Å². The van der Waals surface area contributed by atoms with E-state index in [0.29, 0.717) is 23.5 Å². The van der Waals surface area contributed by atoms with Crippen LogP contribution < -0.4 is 11.1 Å². The summed E-state index contributed by atoms with van der Waals surface area (Å²) in [6.07, 6.45) is 0.522. The van der Waals surface area contributed by atoms with Gasteiger partial charge in [0.25, 0.3) is 11.8 Å². The minimum absolute atomic E-state index is 0.0937. The van der Waals surface area contributed by atoms with Gasteiger partial charge in [-0.2, -0.15) is 11.8 Å². The van der Waals surface area contributed by atoms with E-state index in [2.05, 4.69) is 10.3 Å². The lowest BCUT2D eigenvalue weighted by atomic mass is 9.99. The first-order valence-electron chi connectivity index (χ1n) is 14.9. The number of aromatic nitrogens is 1. The van der Waals surface area contributed by atoms with Crippen LogP contribution in [0.4, 0.5) is 9.93 Å². The van der Waals surface area contributed by atoms with Gasteiger partial charge in [-0.25, -0.2) is 19.5 Å². The summed E-state index contributed by atoms with van der Waals surface area (Å²) in [6.45, 7) is 4.91. The Hall–Kier alpha value is -4.18. The van der Waals surface area contributed by atoms with Gasteiger partial charge in [-0.1, -0.05) is 60.7 Å². The fraction of sp³-hybridized carbons (Fsp3) is 0.333. The number of hydrogen-bond donors (Lipinski definition) is 2. The van der Waals surface area contributed by atoms with Gasteiger partial charge < -0.3 is 20.5 Å². The number of carbonyl (C=O) groups is 5. The van der Waals surface area contributed by atoms with E-state index in [4.69, 9.17) is 15.2 Å². The van der Waals surface area contributed by atoms with E-state index < -0.39 is 53.0 Å². The van der Waals surface area contributed by atoms with E-state index in [0.717, 1.165) is 27.4 Å². The number of β-lactam (4-membered cyclic amide) rings is 1. The molecule has 2 unspecified atom stereocenters. The number of esters is 1. The van der Waals surface area contributed by atoms with Crippen molar-refractivity contribution in [1.29, 1.82) is 0 Å². The number of ether oxygens (including phenoxy) is 2. The number of thioether (sulfide) groups is 2. The van der Waals surface area contributed by atoms with Gasteiger partial charge in [0, 0.05) is 16.9 Å². The first-order valence-corrected chi connectivity index (χ1v) is 18.2. The summed E-state index contributed by atoms with van der Waals surface area (Å²) in [4.78, 5) is 72.8. The molecule has 48 heavy (non-hydrogen) atoms. The predicted molar refractivity (Wildman–Crippen MR) is 185 cm³/mol. The SMILES string of the molecule is CSCC1=C(C(=O)OC(c2ccccc2)c2ccccc2)N2C(=O)C(N(C(=O)OC(C)(C)C)C(=O)C(N)c3csc(NC=O)n3)[C@H]2SC1. The molecule has 3 atom stereocenters. The van der Waals surface area contributed by atoms with Crippen LogP contribution in [0.3, 0.4) is 0 Å². The van der Waals surface area contributed by atoms with Crippen LogP contribution in [0.2, 0.25) is 0 Å². The van der Waals surface area contributed by atoms with Crippen molar-refractivity contribution in [1.82, 2.24) is 14.8 Å². The molecule has 3 heterocycles. The molecule has 4 amide bonds. The molecule has 0 radical (unpaired) electrons. The summed E-state index contributed by atoms with van der Waals surface area (Å²) in [5, 5.41) is 3.28. The Morgan fingerprint density at radius 3 is 2.31 bits per heavy atom.